The zero-order valence-corrected chi connectivity index (χ0v) is 21.6. The van der Waals surface area contributed by atoms with Crippen LogP contribution in [0.15, 0.2) is 48.6 Å². The van der Waals surface area contributed by atoms with Gasteiger partial charge in [0, 0.05) is 31.0 Å². The van der Waals surface area contributed by atoms with Gasteiger partial charge < -0.3 is 29.3 Å². The number of likely N-dealkylation sites (tertiary alicyclic amines) is 1. The van der Waals surface area contributed by atoms with Crippen molar-refractivity contribution in [1.82, 2.24) is 4.90 Å². The number of anilines is 2. The molecular formula is C28H35N3O6. The van der Waals surface area contributed by atoms with E-state index in [2.05, 4.69) is 18.7 Å². The Bertz CT molecular complexity index is 1110. The van der Waals surface area contributed by atoms with E-state index in [-0.39, 0.29) is 25.0 Å². The number of carbonyl (C=O) groups excluding carboxylic acids is 3. The number of cyclic esters (lactones) is 1. The lowest BCUT2D eigenvalue weighted by Gasteiger charge is -2.37. The average molecular weight is 510 g/mol. The van der Waals surface area contributed by atoms with Gasteiger partial charge in [-0.3, -0.25) is 14.4 Å². The van der Waals surface area contributed by atoms with Crippen LogP contribution in [0, 0.1) is 11.8 Å². The number of fused-ring (bicyclic) bond motifs is 2. The lowest BCUT2D eigenvalue weighted by Crippen LogP contribution is -2.57. The van der Waals surface area contributed by atoms with Crippen LogP contribution in [-0.4, -0.2) is 84.4 Å². The first-order chi connectivity index (χ1) is 17.9. The zero-order valence-electron chi connectivity index (χ0n) is 21.6. The van der Waals surface area contributed by atoms with Gasteiger partial charge >= 0.3 is 5.97 Å². The predicted molar refractivity (Wildman–Crippen MR) is 138 cm³/mol. The largest absolute Gasteiger partial charge is 0.465 e. The summed E-state index contributed by atoms with van der Waals surface area (Å²) in [4.78, 5) is 46.6. The molecule has 1 N–H and O–H groups in total. The van der Waals surface area contributed by atoms with Gasteiger partial charge in [-0.2, -0.15) is 0 Å². The first-order valence-electron chi connectivity index (χ1n) is 13.2. The molecule has 4 aliphatic rings. The summed E-state index contributed by atoms with van der Waals surface area (Å²) < 4.78 is 12.0. The highest BCUT2D eigenvalue weighted by Crippen LogP contribution is 2.53. The van der Waals surface area contributed by atoms with Crippen molar-refractivity contribution in [2.24, 2.45) is 11.8 Å². The fourth-order valence-corrected chi connectivity index (χ4v) is 6.27. The van der Waals surface area contributed by atoms with E-state index in [1.54, 1.807) is 17.9 Å². The van der Waals surface area contributed by atoms with E-state index in [0.717, 1.165) is 18.8 Å². The van der Waals surface area contributed by atoms with E-state index in [1.807, 2.05) is 42.5 Å². The summed E-state index contributed by atoms with van der Waals surface area (Å²) in [5, 5.41) is 10.0. The number of hydrogen-bond acceptors (Lipinski definition) is 7. The van der Waals surface area contributed by atoms with Crippen LogP contribution in [0.1, 0.15) is 27.2 Å². The van der Waals surface area contributed by atoms with E-state index in [1.165, 1.54) is 4.90 Å². The van der Waals surface area contributed by atoms with Crippen molar-refractivity contribution < 1.29 is 29.0 Å². The van der Waals surface area contributed by atoms with Crippen molar-refractivity contribution in [3.63, 3.8) is 0 Å². The summed E-state index contributed by atoms with van der Waals surface area (Å²) in [6, 6.07) is 6.15. The third-order valence-electron chi connectivity index (χ3n) is 8.09. The molecule has 5 rings (SSSR count). The maximum Gasteiger partial charge on any atom is 0.312 e. The van der Waals surface area contributed by atoms with Crippen molar-refractivity contribution >= 4 is 29.2 Å². The van der Waals surface area contributed by atoms with E-state index in [4.69, 9.17) is 9.47 Å². The summed E-state index contributed by atoms with van der Waals surface area (Å²) in [5.41, 5.74) is 0.435. The summed E-state index contributed by atoms with van der Waals surface area (Å²) in [5.74, 6) is -2.95. The Morgan fingerprint density at radius 2 is 1.84 bits per heavy atom. The molecule has 6 atom stereocenters. The molecule has 4 aliphatic heterocycles. The van der Waals surface area contributed by atoms with Crippen LogP contribution < -0.4 is 9.80 Å². The number of esters is 1. The maximum absolute atomic E-state index is 14.3. The molecular weight excluding hydrogens is 474 g/mol. The van der Waals surface area contributed by atoms with Crippen LogP contribution in [0.5, 0.6) is 0 Å². The van der Waals surface area contributed by atoms with Crippen LogP contribution in [0.25, 0.3) is 0 Å². The van der Waals surface area contributed by atoms with Gasteiger partial charge in [-0.25, -0.2) is 0 Å². The number of aliphatic hydroxyl groups is 1. The SMILES string of the molecule is CCN(CC)c1ccc(N2CC=C[C@]34O[C@@H]5C=CCCOC(=O)[C@@H]5[C@H]3C(=O)N([C@H](C)CO)C4C2=O)cc1. The first kappa shape index (κ1) is 25.5. The van der Waals surface area contributed by atoms with Gasteiger partial charge in [-0.1, -0.05) is 24.3 Å². The Labute approximate surface area is 217 Å². The molecule has 0 bridgehead atoms. The van der Waals surface area contributed by atoms with E-state index < -0.39 is 41.6 Å². The van der Waals surface area contributed by atoms with Crippen LogP contribution in [0.3, 0.4) is 0 Å². The van der Waals surface area contributed by atoms with Crippen LogP contribution in [0.2, 0.25) is 0 Å². The van der Waals surface area contributed by atoms with Gasteiger partial charge in [0.15, 0.2) is 0 Å². The molecule has 1 aromatic rings. The maximum atomic E-state index is 14.3. The standard InChI is InChI=1S/C28H35N3O6/c1-4-29(5-2)19-10-12-20(13-11-19)30-15-8-14-28-23(22-21(37-28)9-6-7-16-36-27(22)35)25(33)31(18(3)17-32)24(28)26(30)34/h6,8-14,18,21-24,32H,4-5,7,15-17H2,1-3H3/t18-,21-,22+,23+,24?,28+/m1/s1. The molecule has 2 saturated heterocycles. The summed E-state index contributed by atoms with van der Waals surface area (Å²) in [6.45, 7) is 7.85. The Hall–Kier alpha value is -3.17. The summed E-state index contributed by atoms with van der Waals surface area (Å²) >= 11 is 0. The van der Waals surface area contributed by atoms with Gasteiger partial charge in [-0.15, -0.1) is 0 Å². The molecule has 1 unspecified atom stereocenters. The molecule has 9 heteroatoms. The average Bonchev–Trinajstić information content (AvgIpc) is 3.28. The van der Waals surface area contributed by atoms with Crippen LogP contribution in [0.4, 0.5) is 11.4 Å². The molecule has 2 fully saturated rings. The normalized spacial score (nSPS) is 31.7. The molecule has 1 spiro atoms. The highest BCUT2D eigenvalue weighted by molar-refractivity contribution is 6.05. The first-order valence-corrected chi connectivity index (χ1v) is 13.2. The van der Waals surface area contributed by atoms with Crippen LogP contribution in [-0.2, 0) is 23.9 Å². The van der Waals surface area contributed by atoms with Crippen molar-refractivity contribution in [2.45, 2.75) is 51.0 Å². The minimum absolute atomic E-state index is 0.235. The minimum Gasteiger partial charge on any atom is -0.465 e. The molecule has 4 heterocycles. The summed E-state index contributed by atoms with van der Waals surface area (Å²) in [7, 11) is 0. The molecule has 198 valence electrons. The monoisotopic (exact) mass is 509 g/mol. The number of nitrogens with zero attached hydrogens (tertiary/aromatic N) is 3. The quantitative estimate of drug-likeness (QED) is 0.462. The number of carbonyl (C=O) groups is 3. The fourth-order valence-electron chi connectivity index (χ4n) is 6.27. The third kappa shape index (κ3) is 3.95. The van der Waals surface area contributed by atoms with Gasteiger partial charge in [-0.05, 0) is 51.5 Å². The number of benzene rings is 1. The van der Waals surface area contributed by atoms with Gasteiger partial charge in [0.25, 0.3) is 5.91 Å². The molecule has 0 radical (unpaired) electrons. The molecule has 0 aromatic heterocycles. The van der Waals surface area contributed by atoms with Crippen molar-refractivity contribution in [1.29, 1.82) is 0 Å². The molecule has 0 saturated carbocycles. The Kier molecular flexibility index (Phi) is 6.85. The molecule has 1 aromatic carbocycles. The number of aliphatic hydroxyl groups excluding tert-OH is 1. The topological polar surface area (TPSA) is 99.6 Å². The fraction of sp³-hybridized carbons (Fsp3) is 0.536. The highest BCUT2D eigenvalue weighted by Gasteiger charge is 2.72. The smallest absolute Gasteiger partial charge is 0.312 e. The van der Waals surface area contributed by atoms with Crippen LogP contribution >= 0.6 is 0 Å². The van der Waals surface area contributed by atoms with Crippen molar-refractivity contribution in [3.05, 3.63) is 48.6 Å². The number of hydrogen-bond donors (Lipinski definition) is 1. The van der Waals surface area contributed by atoms with E-state index in [9.17, 15) is 19.5 Å². The lowest BCUT2D eigenvalue weighted by atomic mass is 9.77. The lowest BCUT2D eigenvalue weighted by molar-refractivity contribution is -0.155. The number of rotatable bonds is 6. The van der Waals surface area contributed by atoms with E-state index in [0.29, 0.717) is 18.7 Å². The second-order valence-corrected chi connectivity index (χ2v) is 10.0. The molecule has 2 amide bonds. The predicted octanol–water partition coefficient (Wildman–Crippen LogP) is 1.90. The van der Waals surface area contributed by atoms with Crippen molar-refractivity contribution in [3.8, 4) is 0 Å². The third-order valence-corrected chi connectivity index (χ3v) is 8.09. The van der Waals surface area contributed by atoms with E-state index >= 15 is 0 Å². The van der Waals surface area contributed by atoms with Crippen molar-refractivity contribution in [2.75, 3.05) is 42.6 Å². The Morgan fingerprint density at radius 1 is 1.11 bits per heavy atom. The highest BCUT2D eigenvalue weighted by atomic mass is 16.6. The van der Waals surface area contributed by atoms with Gasteiger partial charge in [0.2, 0.25) is 5.91 Å². The molecule has 0 aliphatic carbocycles. The Morgan fingerprint density at radius 3 is 2.51 bits per heavy atom. The minimum atomic E-state index is -1.34. The number of amides is 2. The second kappa shape index (κ2) is 9.95. The zero-order chi connectivity index (χ0) is 26.3. The second-order valence-electron chi connectivity index (χ2n) is 10.0. The van der Waals surface area contributed by atoms with Gasteiger partial charge in [0.05, 0.1) is 31.3 Å². The van der Waals surface area contributed by atoms with Gasteiger partial charge in [0.1, 0.15) is 17.6 Å². The Balaban J connectivity index is 1.56. The molecule has 37 heavy (non-hydrogen) atoms. The molecule has 9 nitrogen and oxygen atoms in total. The summed E-state index contributed by atoms with van der Waals surface area (Å²) in [6.07, 6.45) is 7.23. The number of ether oxygens (including phenoxy) is 2.